The van der Waals surface area contributed by atoms with Crippen LogP contribution in [0.2, 0.25) is 0 Å². The van der Waals surface area contributed by atoms with Gasteiger partial charge in [0.1, 0.15) is 5.82 Å². The van der Waals surface area contributed by atoms with E-state index in [9.17, 15) is 0 Å². The van der Waals surface area contributed by atoms with Gasteiger partial charge in [-0.2, -0.15) is 16.7 Å². The molecule has 6 heteroatoms. The van der Waals surface area contributed by atoms with Crippen LogP contribution in [0.3, 0.4) is 0 Å². The molecule has 4 rings (SSSR count). The van der Waals surface area contributed by atoms with Crippen LogP contribution in [0.1, 0.15) is 17.8 Å². The number of hydrogen-bond donors (Lipinski definition) is 1. The Morgan fingerprint density at radius 1 is 1.17 bits per heavy atom. The molecule has 1 aromatic carbocycles. The molecule has 122 valence electrons. The summed E-state index contributed by atoms with van der Waals surface area (Å²) >= 11 is 1.98. The topological polar surface area (TPSA) is 63.8 Å². The van der Waals surface area contributed by atoms with E-state index in [1.807, 2.05) is 42.1 Å². The monoisotopic (exact) mass is 338 g/mol. The Balaban J connectivity index is 1.44. The number of aromatic nitrogens is 3. The zero-order valence-corrected chi connectivity index (χ0v) is 14.0. The van der Waals surface area contributed by atoms with Gasteiger partial charge in [0.25, 0.3) is 5.89 Å². The van der Waals surface area contributed by atoms with Crippen LogP contribution in [-0.4, -0.2) is 32.7 Å². The predicted molar refractivity (Wildman–Crippen MR) is 96.1 cm³/mol. The summed E-state index contributed by atoms with van der Waals surface area (Å²) < 4.78 is 5.37. The number of nitrogens with zero attached hydrogens (tertiary/aromatic N) is 3. The average molecular weight is 338 g/mol. The molecule has 24 heavy (non-hydrogen) atoms. The largest absolute Gasteiger partial charge is 0.366 e. The van der Waals surface area contributed by atoms with Crippen molar-refractivity contribution in [3.05, 3.63) is 60.0 Å². The lowest BCUT2D eigenvalue weighted by Gasteiger charge is -2.11. The van der Waals surface area contributed by atoms with Crippen molar-refractivity contribution < 1.29 is 4.52 Å². The third kappa shape index (κ3) is 3.59. The van der Waals surface area contributed by atoms with E-state index in [1.54, 1.807) is 6.20 Å². The Morgan fingerprint density at radius 2 is 2.08 bits per heavy atom. The fourth-order valence-electron chi connectivity index (χ4n) is 2.68. The van der Waals surface area contributed by atoms with Crippen molar-refractivity contribution in [2.75, 3.05) is 16.8 Å². The van der Waals surface area contributed by atoms with Gasteiger partial charge in [0.15, 0.2) is 5.82 Å². The third-order valence-electron chi connectivity index (χ3n) is 3.97. The standard InChI is InChI=1S/C18H18N4OS/c1-2-4-13(5-3-1)10-17-21-18(23-22-17)14-6-7-16(19-11-14)20-15-8-9-24-12-15/h1-7,11,15H,8-10,12H2,(H,19,20)/t15-/m0/s1. The minimum absolute atomic E-state index is 0.511. The first-order valence-electron chi connectivity index (χ1n) is 8.04. The molecule has 1 N–H and O–H groups in total. The molecule has 0 bridgehead atoms. The molecule has 0 saturated carbocycles. The molecule has 3 aromatic rings. The van der Waals surface area contributed by atoms with E-state index in [-0.39, 0.29) is 0 Å². The maximum Gasteiger partial charge on any atom is 0.259 e. The van der Waals surface area contributed by atoms with E-state index >= 15 is 0 Å². The molecule has 0 unspecified atom stereocenters. The SMILES string of the molecule is c1ccc(Cc2noc(-c3ccc(N[C@H]4CCSC4)nc3)n2)cc1. The number of pyridine rings is 1. The molecule has 1 saturated heterocycles. The number of hydrogen-bond acceptors (Lipinski definition) is 6. The van der Waals surface area contributed by atoms with Crippen molar-refractivity contribution in [3.8, 4) is 11.5 Å². The van der Waals surface area contributed by atoms with Crippen LogP contribution < -0.4 is 5.32 Å². The van der Waals surface area contributed by atoms with Gasteiger partial charge >= 0.3 is 0 Å². The summed E-state index contributed by atoms with van der Waals surface area (Å²) in [6.07, 6.45) is 3.64. The Labute approximate surface area is 144 Å². The number of nitrogens with one attached hydrogen (secondary N) is 1. The third-order valence-corrected chi connectivity index (χ3v) is 5.13. The van der Waals surface area contributed by atoms with Crippen LogP contribution in [0, 0.1) is 0 Å². The summed E-state index contributed by atoms with van der Waals surface area (Å²) in [5, 5.41) is 7.52. The maximum absolute atomic E-state index is 5.37. The normalized spacial score (nSPS) is 17.1. The number of rotatable bonds is 5. The molecule has 3 heterocycles. The molecule has 1 aliphatic heterocycles. The van der Waals surface area contributed by atoms with Crippen molar-refractivity contribution in [3.63, 3.8) is 0 Å². The van der Waals surface area contributed by atoms with Crippen molar-refractivity contribution in [2.24, 2.45) is 0 Å². The van der Waals surface area contributed by atoms with Gasteiger partial charge in [-0.3, -0.25) is 0 Å². The van der Waals surface area contributed by atoms with Crippen LogP contribution in [0.25, 0.3) is 11.5 Å². The molecule has 0 radical (unpaired) electrons. The molecule has 1 atom stereocenters. The molecule has 1 aliphatic rings. The Bertz CT molecular complexity index is 782. The minimum Gasteiger partial charge on any atom is -0.366 e. The summed E-state index contributed by atoms with van der Waals surface area (Å²) in [5.41, 5.74) is 2.00. The Kier molecular flexibility index (Phi) is 4.46. The van der Waals surface area contributed by atoms with Crippen molar-refractivity contribution in [2.45, 2.75) is 18.9 Å². The molecule has 0 aliphatic carbocycles. The smallest absolute Gasteiger partial charge is 0.259 e. The highest BCUT2D eigenvalue weighted by molar-refractivity contribution is 7.99. The average Bonchev–Trinajstić information content (AvgIpc) is 3.29. The van der Waals surface area contributed by atoms with Gasteiger partial charge in [-0.1, -0.05) is 35.5 Å². The first-order valence-corrected chi connectivity index (χ1v) is 9.19. The van der Waals surface area contributed by atoms with Crippen LogP contribution >= 0.6 is 11.8 Å². The van der Waals surface area contributed by atoms with Gasteiger partial charge in [-0.25, -0.2) is 4.98 Å². The van der Waals surface area contributed by atoms with Gasteiger partial charge in [-0.15, -0.1) is 0 Å². The highest BCUT2D eigenvalue weighted by atomic mass is 32.2. The predicted octanol–water partition coefficient (Wildman–Crippen LogP) is 3.64. The van der Waals surface area contributed by atoms with Gasteiger partial charge in [0.2, 0.25) is 0 Å². The summed E-state index contributed by atoms with van der Waals surface area (Å²) in [6, 6.07) is 14.6. The summed E-state index contributed by atoms with van der Waals surface area (Å²) in [7, 11) is 0. The van der Waals surface area contributed by atoms with E-state index < -0.39 is 0 Å². The molecule has 2 aromatic heterocycles. The van der Waals surface area contributed by atoms with E-state index in [0.29, 0.717) is 24.2 Å². The fraction of sp³-hybridized carbons (Fsp3) is 0.278. The van der Waals surface area contributed by atoms with Crippen molar-refractivity contribution >= 4 is 17.6 Å². The van der Waals surface area contributed by atoms with Crippen LogP contribution in [0.15, 0.2) is 53.2 Å². The van der Waals surface area contributed by atoms with Gasteiger partial charge in [-0.05, 0) is 29.9 Å². The molecule has 5 nitrogen and oxygen atoms in total. The zero-order chi connectivity index (χ0) is 16.2. The summed E-state index contributed by atoms with van der Waals surface area (Å²) in [4.78, 5) is 8.93. The van der Waals surface area contributed by atoms with Crippen LogP contribution in [0.5, 0.6) is 0 Å². The summed E-state index contributed by atoms with van der Waals surface area (Å²) in [6.45, 7) is 0. The highest BCUT2D eigenvalue weighted by Crippen LogP contribution is 2.22. The minimum atomic E-state index is 0.511. The Hall–Kier alpha value is -2.34. The number of benzene rings is 1. The first-order chi connectivity index (χ1) is 11.9. The second kappa shape index (κ2) is 7.05. The van der Waals surface area contributed by atoms with E-state index in [4.69, 9.17) is 4.52 Å². The van der Waals surface area contributed by atoms with Gasteiger partial charge in [0, 0.05) is 24.4 Å². The van der Waals surface area contributed by atoms with Gasteiger partial charge in [0.05, 0.1) is 5.56 Å². The first kappa shape index (κ1) is 15.2. The lowest BCUT2D eigenvalue weighted by Crippen LogP contribution is -2.18. The molecule has 0 amide bonds. The second-order valence-corrected chi connectivity index (χ2v) is 6.96. The Morgan fingerprint density at radius 3 is 2.83 bits per heavy atom. The lowest BCUT2D eigenvalue weighted by molar-refractivity contribution is 0.424. The molecular weight excluding hydrogens is 320 g/mol. The van der Waals surface area contributed by atoms with Crippen molar-refractivity contribution in [1.29, 1.82) is 0 Å². The highest BCUT2D eigenvalue weighted by Gasteiger charge is 2.16. The van der Waals surface area contributed by atoms with Crippen molar-refractivity contribution in [1.82, 2.24) is 15.1 Å². The quantitative estimate of drug-likeness (QED) is 0.766. The molecular formula is C18H18N4OS. The number of thioether (sulfide) groups is 1. The van der Waals surface area contributed by atoms with E-state index in [1.165, 1.54) is 12.2 Å². The number of anilines is 1. The molecule has 1 fully saturated rings. The second-order valence-electron chi connectivity index (χ2n) is 5.82. The van der Waals surface area contributed by atoms with Gasteiger partial charge < -0.3 is 9.84 Å². The van der Waals surface area contributed by atoms with E-state index in [2.05, 4.69) is 32.6 Å². The lowest BCUT2D eigenvalue weighted by atomic mass is 10.1. The fourth-order valence-corrected chi connectivity index (χ4v) is 3.84. The van der Waals surface area contributed by atoms with Crippen LogP contribution in [0.4, 0.5) is 5.82 Å². The molecule has 0 spiro atoms. The van der Waals surface area contributed by atoms with Crippen LogP contribution in [-0.2, 0) is 6.42 Å². The maximum atomic E-state index is 5.37. The zero-order valence-electron chi connectivity index (χ0n) is 13.2. The van der Waals surface area contributed by atoms with E-state index in [0.717, 1.165) is 22.7 Å². The summed E-state index contributed by atoms with van der Waals surface area (Å²) in [5.74, 6) is 4.46.